The van der Waals surface area contributed by atoms with Crippen molar-refractivity contribution in [1.29, 1.82) is 5.26 Å². The average molecular weight is 325 g/mol. The van der Waals surface area contributed by atoms with Crippen LogP contribution in [-0.4, -0.2) is 25.6 Å². The number of amides is 1. The summed E-state index contributed by atoms with van der Waals surface area (Å²) in [6.45, 7) is 0.599. The van der Waals surface area contributed by atoms with Crippen molar-refractivity contribution in [2.24, 2.45) is 0 Å². The van der Waals surface area contributed by atoms with Crippen molar-refractivity contribution in [3.8, 4) is 11.8 Å². The summed E-state index contributed by atoms with van der Waals surface area (Å²) in [6.07, 6.45) is -0.661. The zero-order valence-electron chi connectivity index (χ0n) is 13.1. The van der Waals surface area contributed by atoms with Crippen molar-refractivity contribution in [3.63, 3.8) is 0 Å². The molecular weight excluding hydrogens is 309 g/mol. The number of likely N-dealkylation sites (N-methyl/N-ethyl adjacent to an activating group) is 1. The molecule has 6 heteroatoms. The second-order valence-electron chi connectivity index (χ2n) is 5.49. The molecule has 2 aromatic rings. The Morgan fingerprint density at radius 1 is 1.42 bits per heavy atom. The van der Waals surface area contributed by atoms with Crippen molar-refractivity contribution < 1.29 is 13.9 Å². The first kappa shape index (κ1) is 15.8. The van der Waals surface area contributed by atoms with Gasteiger partial charge in [0.25, 0.3) is 5.91 Å². The lowest BCUT2D eigenvalue weighted by molar-refractivity contribution is -0.127. The van der Waals surface area contributed by atoms with E-state index >= 15 is 0 Å². The highest BCUT2D eigenvalue weighted by Gasteiger charge is 2.30. The molecule has 0 radical (unpaired) electrons. The molecule has 0 spiro atoms. The molecule has 1 N–H and O–H groups in total. The molecule has 24 heavy (non-hydrogen) atoms. The van der Waals surface area contributed by atoms with Crippen LogP contribution in [0.5, 0.6) is 5.75 Å². The molecule has 0 aromatic heterocycles. The molecule has 1 aliphatic heterocycles. The first-order valence-corrected chi connectivity index (χ1v) is 7.53. The number of halogens is 1. The lowest BCUT2D eigenvalue weighted by atomic mass is 10.1. The number of anilines is 1. The highest BCUT2D eigenvalue weighted by atomic mass is 19.1. The average Bonchev–Trinajstić information content (AvgIpc) is 2.62. The van der Waals surface area contributed by atoms with Crippen LogP contribution >= 0.6 is 0 Å². The predicted molar refractivity (Wildman–Crippen MR) is 87.1 cm³/mol. The molecule has 1 unspecified atom stereocenters. The van der Waals surface area contributed by atoms with E-state index in [1.54, 1.807) is 25.2 Å². The lowest BCUT2D eigenvalue weighted by Crippen LogP contribution is -2.48. The van der Waals surface area contributed by atoms with Gasteiger partial charge in [0.15, 0.2) is 6.10 Å². The first-order valence-electron chi connectivity index (χ1n) is 7.53. The quantitative estimate of drug-likeness (QED) is 0.940. The van der Waals surface area contributed by atoms with Crippen LogP contribution in [0.1, 0.15) is 11.1 Å². The first-order chi connectivity index (χ1) is 11.6. The van der Waals surface area contributed by atoms with Crippen LogP contribution in [0.15, 0.2) is 42.5 Å². The Kier molecular flexibility index (Phi) is 4.34. The number of carbonyl (C=O) groups is 1. The number of nitriles is 1. The van der Waals surface area contributed by atoms with E-state index in [9.17, 15) is 9.18 Å². The largest absolute Gasteiger partial charge is 0.477 e. The van der Waals surface area contributed by atoms with Crippen molar-refractivity contribution in [2.75, 3.05) is 18.5 Å². The van der Waals surface area contributed by atoms with Gasteiger partial charge in [-0.15, -0.1) is 0 Å². The summed E-state index contributed by atoms with van der Waals surface area (Å²) >= 11 is 0. The van der Waals surface area contributed by atoms with Crippen LogP contribution in [0, 0.1) is 17.1 Å². The zero-order valence-corrected chi connectivity index (χ0v) is 13.1. The molecule has 0 saturated carbocycles. The van der Waals surface area contributed by atoms with Crippen molar-refractivity contribution in [3.05, 3.63) is 59.4 Å². The van der Waals surface area contributed by atoms with Gasteiger partial charge < -0.3 is 15.0 Å². The fourth-order valence-corrected chi connectivity index (χ4v) is 2.70. The van der Waals surface area contributed by atoms with Crippen molar-refractivity contribution >= 4 is 11.6 Å². The van der Waals surface area contributed by atoms with Gasteiger partial charge in [-0.2, -0.15) is 5.26 Å². The summed E-state index contributed by atoms with van der Waals surface area (Å²) in [6, 6.07) is 13.7. The lowest BCUT2D eigenvalue weighted by Gasteiger charge is -2.35. The maximum absolute atomic E-state index is 14.2. The van der Waals surface area contributed by atoms with E-state index in [0.29, 0.717) is 17.9 Å². The number of fused-ring (bicyclic) bond motifs is 1. The summed E-state index contributed by atoms with van der Waals surface area (Å²) in [5.74, 6) is -0.0734. The molecular formula is C18H16FN3O2. The summed E-state index contributed by atoms with van der Waals surface area (Å²) in [5, 5.41) is 11.4. The van der Waals surface area contributed by atoms with Gasteiger partial charge in [0, 0.05) is 19.2 Å². The monoisotopic (exact) mass is 325 g/mol. The van der Waals surface area contributed by atoms with E-state index in [2.05, 4.69) is 5.32 Å². The Morgan fingerprint density at radius 3 is 2.92 bits per heavy atom. The predicted octanol–water partition coefficient (Wildman–Crippen LogP) is 2.21. The number of ether oxygens (including phenoxy) is 1. The van der Waals surface area contributed by atoms with Crippen LogP contribution in [-0.2, 0) is 11.3 Å². The minimum Gasteiger partial charge on any atom is -0.477 e. The van der Waals surface area contributed by atoms with E-state index in [1.165, 1.54) is 6.07 Å². The molecule has 2 aromatic carbocycles. The van der Waals surface area contributed by atoms with Gasteiger partial charge in [-0.3, -0.25) is 4.79 Å². The van der Waals surface area contributed by atoms with Crippen LogP contribution in [0.2, 0.25) is 0 Å². The SMILES string of the molecule is CNC(=O)C1CN(Cc2ccc(C#N)cc2F)c2ccccc2O1. The summed E-state index contributed by atoms with van der Waals surface area (Å²) in [7, 11) is 1.55. The number of para-hydroxylation sites is 2. The maximum atomic E-state index is 14.2. The third kappa shape index (κ3) is 3.01. The van der Waals surface area contributed by atoms with Crippen molar-refractivity contribution in [2.45, 2.75) is 12.6 Å². The van der Waals surface area contributed by atoms with Crippen LogP contribution in [0.25, 0.3) is 0 Å². The summed E-state index contributed by atoms with van der Waals surface area (Å²) in [5.41, 5.74) is 1.55. The van der Waals surface area contributed by atoms with Gasteiger partial charge in [-0.1, -0.05) is 18.2 Å². The van der Waals surface area contributed by atoms with E-state index in [0.717, 1.165) is 5.69 Å². The van der Waals surface area contributed by atoms with Gasteiger partial charge in [-0.05, 0) is 24.3 Å². The number of hydrogen-bond donors (Lipinski definition) is 1. The highest BCUT2D eigenvalue weighted by molar-refractivity contribution is 5.83. The third-order valence-electron chi connectivity index (χ3n) is 3.94. The molecule has 0 fully saturated rings. The molecule has 1 amide bonds. The highest BCUT2D eigenvalue weighted by Crippen LogP contribution is 2.34. The van der Waals surface area contributed by atoms with Gasteiger partial charge in [0.1, 0.15) is 11.6 Å². The van der Waals surface area contributed by atoms with Crippen LogP contribution in [0.3, 0.4) is 0 Å². The fourth-order valence-electron chi connectivity index (χ4n) is 2.70. The van der Waals surface area contributed by atoms with E-state index < -0.39 is 11.9 Å². The number of nitrogens with zero attached hydrogens (tertiary/aromatic N) is 2. The molecule has 1 heterocycles. The molecule has 5 nitrogen and oxygen atoms in total. The molecule has 0 bridgehead atoms. The normalized spacial score (nSPS) is 15.9. The van der Waals surface area contributed by atoms with Gasteiger partial charge >= 0.3 is 0 Å². The Labute approximate surface area is 139 Å². The molecule has 0 aliphatic carbocycles. The number of nitrogens with one attached hydrogen (secondary N) is 1. The van der Waals surface area contributed by atoms with E-state index in [1.807, 2.05) is 29.2 Å². The Bertz CT molecular complexity index is 816. The maximum Gasteiger partial charge on any atom is 0.262 e. The smallest absolute Gasteiger partial charge is 0.262 e. The number of benzene rings is 2. The third-order valence-corrected chi connectivity index (χ3v) is 3.94. The molecule has 1 aliphatic rings. The number of carbonyl (C=O) groups excluding carboxylic acids is 1. The Balaban J connectivity index is 1.91. The fraction of sp³-hybridized carbons (Fsp3) is 0.222. The minimum atomic E-state index is -0.661. The number of rotatable bonds is 3. The zero-order chi connectivity index (χ0) is 17.1. The van der Waals surface area contributed by atoms with E-state index in [-0.39, 0.29) is 18.0 Å². The molecule has 0 saturated heterocycles. The van der Waals surface area contributed by atoms with E-state index in [4.69, 9.17) is 10.00 Å². The Morgan fingerprint density at radius 2 is 2.21 bits per heavy atom. The van der Waals surface area contributed by atoms with Gasteiger partial charge in [-0.25, -0.2) is 4.39 Å². The molecule has 1 atom stereocenters. The summed E-state index contributed by atoms with van der Waals surface area (Å²) in [4.78, 5) is 13.9. The Hall–Kier alpha value is -3.07. The van der Waals surface area contributed by atoms with Gasteiger partial charge in [0.05, 0.1) is 23.9 Å². The second kappa shape index (κ2) is 6.59. The standard InChI is InChI=1S/C18H16FN3O2/c1-21-18(23)17-11-22(15-4-2-3-5-16(15)24-17)10-13-7-6-12(9-20)8-14(13)19/h2-8,17H,10-11H2,1H3,(H,21,23). The topological polar surface area (TPSA) is 65.4 Å². The van der Waals surface area contributed by atoms with Gasteiger partial charge in [0.2, 0.25) is 0 Å². The molecule has 3 rings (SSSR count). The second-order valence-corrected chi connectivity index (χ2v) is 5.49. The molecule has 122 valence electrons. The van der Waals surface area contributed by atoms with Crippen LogP contribution < -0.4 is 15.0 Å². The van der Waals surface area contributed by atoms with Crippen LogP contribution in [0.4, 0.5) is 10.1 Å². The number of hydrogen-bond acceptors (Lipinski definition) is 4. The van der Waals surface area contributed by atoms with Crippen molar-refractivity contribution in [1.82, 2.24) is 5.32 Å². The minimum absolute atomic E-state index is 0.227. The summed E-state index contributed by atoms with van der Waals surface area (Å²) < 4.78 is 19.9.